The van der Waals surface area contributed by atoms with E-state index in [2.05, 4.69) is 10.3 Å². The molecule has 2 rings (SSSR count). The largest absolute Gasteiger partial charge is 0.380 e. The van der Waals surface area contributed by atoms with Gasteiger partial charge < -0.3 is 5.32 Å². The third-order valence-corrected chi connectivity index (χ3v) is 4.36. The Morgan fingerprint density at radius 2 is 2.22 bits per heavy atom. The number of benzene rings is 1. The van der Waals surface area contributed by atoms with Gasteiger partial charge in [-0.1, -0.05) is 6.07 Å². The summed E-state index contributed by atoms with van der Waals surface area (Å²) in [5.74, 6) is 0. The number of sulfonamides is 1. The lowest BCUT2D eigenvalue weighted by Gasteiger charge is -2.11. The summed E-state index contributed by atoms with van der Waals surface area (Å²) in [6.07, 6.45) is 1.77. The predicted octanol–water partition coefficient (Wildman–Crippen LogP) is 1.71. The monoisotopic (exact) mass is 283 g/mol. The van der Waals surface area contributed by atoms with E-state index in [4.69, 9.17) is 5.14 Å². The first-order valence-electron chi connectivity index (χ1n) is 5.22. The summed E-state index contributed by atoms with van der Waals surface area (Å²) in [7, 11) is -3.68. The smallest absolute Gasteiger partial charge is 0.238 e. The minimum Gasteiger partial charge on any atom is -0.380 e. The lowest BCUT2D eigenvalue weighted by atomic mass is 10.2. The van der Waals surface area contributed by atoms with E-state index in [1.807, 2.05) is 6.07 Å². The van der Waals surface area contributed by atoms with Crippen LogP contribution in [0.1, 0.15) is 10.4 Å². The molecule has 0 unspecified atom stereocenters. The molecule has 0 radical (unpaired) electrons. The molecular formula is C11H13N3O2S2. The van der Waals surface area contributed by atoms with Crippen molar-refractivity contribution in [3.63, 3.8) is 0 Å². The average molecular weight is 283 g/mol. The number of nitrogens with two attached hydrogens (primary N) is 1. The molecule has 0 fully saturated rings. The molecule has 0 aliphatic carbocycles. The van der Waals surface area contributed by atoms with Crippen LogP contribution in [0.3, 0.4) is 0 Å². The molecule has 5 nitrogen and oxygen atoms in total. The van der Waals surface area contributed by atoms with E-state index in [9.17, 15) is 8.42 Å². The molecule has 96 valence electrons. The fourth-order valence-electron chi connectivity index (χ4n) is 1.63. The molecule has 1 aromatic carbocycles. The van der Waals surface area contributed by atoms with Gasteiger partial charge in [0.05, 0.1) is 17.0 Å². The van der Waals surface area contributed by atoms with Gasteiger partial charge in [0.15, 0.2) is 0 Å². The van der Waals surface area contributed by atoms with Crippen molar-refractivity contribution in [3.8, 4) is 0 Å². The van der Waals surface area contributed by atoms with Crippen molar-refractivity contribution >= 4 is 27.0 Å². The van der Waals surface area contributed by atoms with Gasteiger partial charge in [-0.3, -0.25) is 4.98 Å². The van der Waals surface area contributed by atoms with Crippen LogP contribution >= 0.6 is 11.3 Å². The number of nitrogens with one attached hydrogen (secondary N) is 1. The number of aromatic nitrogens is 1. The molecule has 0 saturated heterocycles. The molecule has 1 aromatic heterocycles. The lowest BCUT2D eigenvalue weighted by Crippen LogP contribution is -2.14. The van der Waals surface area contributed by atoms with Crippen LogP contribution in [0, 0.1) is 6.92 Å². The SMILES string of the molecule is Cc1c(NCc2cncs2)cccc1S(N)(=O)=O. The third-order valence-electron chi connectivity index (χ3n) is 2.53. The van der Waals surface area contributed by atoms with Crippen molar-refractivity contribution < 1.29 is 8.42 Å². The summed E-state index contributed by atoms with van der Waals surface area (Å²) in [5.41, 5.74) is 3.14. The number of rotatable bonds is 4. The minimum atomic E-state index is -3.68. The average Bonchev–Trinajstić information content (AvgIpc) is 2.79. The standard InChI is InChI=1S/C11H13N3O2S2/c1-8-10(14-6-9-5-13-7-17-9)3-2-4-11(8)18(12,15)16/h2-5,7,14H,6H2,1H3,(H2,12,15,16). The van der Waals surface area contributed by atoms with Crippen molar-refractivity contribution in [3.05, 3.63) is 40.3 Å². The number of hydrogen-bond donors (Lipinski definition) is 2. The predicted molar refractivity (Wildman–Crippen MR) is 72.0 cm³/mol. The molecule has 0 bridgehead atoms. The van der Waals surface area contributed by atoms with E-state index < -0.39 is 10.0 Å². The second-order valence-corrected chi connectivity index (χ2v) is 6.30. The fourth-order valence-corrected chi connectivity index (χ4v) is 2.97. The highest BCUT2D eigenvalue weighted by atomic mass is 32.2. The zero-order chi connectivity index (χ0) is 13.2. The maximum Gasteiger partial charge on any atom is 0.238 e. The van der Waals surface area contributed by atoms with Crippen LogP contribution in [0.5, 0.6) is 0 Å². The second-order valence-electron chi connectivity index (χ2n) is 3.80. The Balaban J connectivity index is 2.24. The van der Waals surface area contributed by atoms with E-state index >= 15 is 0 Å². The first-order valence-corrected chi connectivity index (χ1v) is 7.65. The normalized spacial score (nSPS) is 11.4. The van der Waals surface area contributed by atoms with Gasteiger partial charge in [-0.05, 0) is 24.6 Å². The summed E-state index contributed by atoms with van der Waals surface area (Å²) in [6, 6.07) is 5.00. The van der Waals surface area contributed by atoms with Crippen LogP contribution in [0.4, 0.5) is 5.69 Å². The van der Waals surface area contributed by atoms with E-state index in [1.54, 1.807) is 36.0 Å². The Morgan fingerprint density at radius 3 is 2.83 bits per heavy atom. The van der Waals surface area contributed by atoms with E-state index in [0.29, 0.717) is 12.1 Å². The lowest BCUT2D eigenvalue weighted by molar-refractivity contribution is 0.597. The first kappa shape index (κ1) is 13.0. The number of nitrogens with zero attached hydrogens (tertiary/aromatic N) is 1. The molecule has 2 aromatic rings. The number of hydrogen-bond acceptors (Lipinski definition) is 5. The van der Waals surface area contributed by atoms with Gasteiger partial charge in [0.1, 0.15) is 0 Å². The van der Waals surface area contributed by atoms with Crippen LogP contribution in [0.2, 0.25) is 0 Å². The van der Waals surface area contributed by atoms with E-state index in [-0.39, 0.29) is 4.90 Å². The molecule has 7 heteroatoms. The molecule has 0 amide bonds. The maximum atomic E-state index is 11.4. The Morgan fingerprint density at radius 1 is 1.44 bits per heavy atom. The van der Waals surface area contributed by atoms with Crippen LogP contribution < -0.4 is 10.5 Å². The summed E-state index contributed by atoms with van der Waals surface area (Å²) >= 11 is 1.54. The van der Waals surface area contributed by atoms with Gasteiger partial charge in [0, 0.05) is 16.8 Å². The van der Waals surface area contributed by atoms with E-state index in [1.165, 1.54) is 6.07 Å². The molecule has 0 aliphatic rings. The van der Waals surface area contributed by atoms with Crippen molar-refractivity contribution in [1.82, 2.24) is 4.98 Å². The molecule has 0 aliphatic heterocycles. The highest BCUT2D eigenvalue weighted by Gasteiger charge is 2.13. The number of anilines is 1. The molecule has 1 heterocycles. The van der Waals surface area contributed by atoms with E-state index in [0.717, 1.165) is 10.6 Å². The zero-order valence-corrected chi connectivity index (χ0v) is 11.4. The molecule has 3 N–H and O–H groups in total. The van der Waals surface area contributed by atoms with Crippen molar-refractivity contribution in [1.29, 1.82) is 0 Å². The zero-order valence-electron chi connectivity index (χ0n) is 9.75. The first-order chi connectivity index (χ1) is 8.48. The molecule has 18 heavy (non-hydrogen) atoms. The van der Waals surface area contributed by atoms with Crippen molar-refractivity contribution in [2.45, 2.75) is 18.4 Å². The fraction of sp³-hybridized carbons (Fsp3) is 0.182. The van der Waals surface area contributed by atoms with Gasteiger partial charge >= 0.3 is 0 Å². The van der Waals surface area contributed by atoms with Gasteiger partial charge in [0.2, 0.25) is 10.0 Å². The second kappa shape index (κ2) is 5.05. The topological polar surface area (TPSA) is 85.1 Å². The summed E-state index contributed by atoms with van der Waals surface area (Å²) in [5, 5.41) is 8.33. The number of primary sulfonamides is 1. The molecule has 0 saturated carbocycles. The molecular weight excluding hydrogens is 270 g/mol. The Bertz CT molecular complexity index is 636. The quantitative estimate of drug-likeness (QED) is 0.894. The van der Waals surface area contributed by atoms with Crippen LogP contribution in [0.25, 0.3) is 0 Å². The molecule has 0 spiro atoms. The summed E-state index contributed by atoms with van der Waals surface area (Å²) in [4.78, 5) is 5.21. The maximum absolute atomic E-state index is 11.4. The van der Waals surface area contributed by atoms with Crippen molar-refractivity contribution in [2.75, 3.05) is 5.32 Å². The Hall–Kier alpha value is -1.44. The molecule has 0 atom stereocenters. The highest BCUT2D eigenvalue weighted by molar-refractivity contribution is 7.89. The van der Waals surface area contributed by atoms with Gasteiger partial charge in [-0.2, -0.15) is 0 Å². The van der Waals surface area contributed by atoms with Crippen LogP contribution in [-0.2, 0) is 16.6 Å². The Labute approximate surface area is 110 Å². The van der Waals surface area contributed by atoms with Gasteiger partial charge in [-0.25, -0.2) is 13.6 Å². The highest BCUT2D eigenvalue weighted by Crippen LogP contribution is 2.22. The summed E-state index contributed by atoms with van der Waals surface area (Å²) in [6.45, 7) is 2.34. The minimum absolute atomic E-state index is 0.150. The van der Waals surface area contributed by atoms with Gasteiger partial charge in [-0.15, -0.1) is 11.3 Å². The summed E-state index contributed by atoms with van der Waals surface area (Å²) < 4.78 is 22.8. The third kappa shape index (κ3) is 2.87. The number of thiazole rings is 1. The van der Waals surface area contributed by atoms with Crippen molar-refractivity contribution in [2.24, 2.45) is 5.14 Å². The van der Waals surface area contributed by atoms with Crippen LogP contribution in [0.15, 0.2) is 34.8 Å². The van der Waals surface area contributed by atoms with Gasteiger partial charge in [0.25, 0.3) is 0 Å². The Kier molecular flexibility index (Phi) is 3.65. The van der Waals surface area contributed by atoms with Crippen LogP contribution in [-0.4, -0.2) is 13.4 Å².